The molecule has 1 saturated carbocycles. The molecule has 1 aromatic carbocycles. The van der Waals surface area contributed by atoms with Gasteiger partial charge in [-0.25, -0.2) is 13.8 Å². The van der Waals surface area contributed by atoms with E-state index in [4.69, 9.17) is 9.72 Å². The molecule has 2 fully saturated rings. The van der Waals surface area contributed by atoms with Crippen molar-refractivity contribution in [2.75, 3.05) is 51.3 Å². The zero-order valence-electron chi connectivity index (χ0n) is 23.4. The van der Waals surface area contributed by atoms with Crippen LogP contribution in [0.15, 0.2) is 18.2 Å². The minimum absolute atomic E-state index is 0.125. The van der Waals surface area contributed by atoms with Gasteiger partial charge in [0, 0.05) is 48.8 Å². The Hall–Kier alpha value is -2.51. The van der Waals surface area contributed by atoms with Crippen LogP contribution in [0.1, 0.15) is 60.0 Å². The number of anilines is 1. The van der Waals surface area contributed by atoms with Crippen LogP contribution in [-0.2, 0) is 16.0 Å². The van der Waals surface area contributed by atoms with E-state index in [0.717, 1.165) is 36.6 Å². The molecule has 0 spiro atoms. The highest BCUT2D eigenvalue weighted by atomic mass is 32.1. The predicted molar refractivity (Wildman–Crippen MR) is 150 cm³/mol. The molecule has 0 bridgehead atoms. The average molecular weight is 593 g/mol. The maximum absolute atomic E-state index is 14.3. The number of carbonyl (C=O) groups is 2. The molecular formula is C29H38F2N4O5S. The van der Waals surface area contributed by atoms with Crippen molar-refractivity contribution in [1.82, 2.24) is 15.2 Å². The average Bonchev–Trinajstić information content (AvgIpc) is 3.34. The van der Waals surface area contributed by atoms with Gasteiger partial charge in [-0.3, -0.25) is 19.8 Å². The molecule has 4 N–H and O–H groups in total. The number of amides is 2. The molecule has 2 aliphatic carbocycles. The summed E-state index contributed by atoms with van der Waals surface area (Å²) in [6, 6.07) is 3.23. The third-order valence-corrected chi connectivity index (χ3v) is 10.6. The Morgan fingerprint density at radius 2 is 1.93 bits per heavy atom. The molecule has 2 aromatic rings. The zero-order chi connectivity index (χ0) is 29.4. The van der Waals surface area contributed by atoms with E-state index in [-0.39, 0.29) is 35.9 Å². The van der Waals surface area contributed by atoms with Crippen LogP contribution in [-0.4, -0.2) is 84.0 Å². The van der Waals surface area contributed by atoms with Gasteiger partial charge in [0.1, 0.15) is 17.2 Å². The number of fused-ring (bicyclic) bond motifs is 2. The number of nitrogens with zero attached hydrogens (tertiary/aromatic N) is 2. The first-order valence-corrected chi connectivity index (χ1v) is 15.0. The Morgan fingerprint density at radius 3 is 2.61 bits per heavy atom. The smallest absolute Gasteiger partial charge is 0.263 e. The Kier molecular flexibility index (Phi) is 8.77. The second kappa shape index (κ2) is 12.0. The quantitative estimate of drug-likeness (QED) is 0.372. The van der Waals surface area contributed by atoms with Gasteiger partial charge in [-0.05, 0) is 42.7 Å². The van der Waals surface area contributed by atoms with Crippen LogP contribution in [0.4, 0.5) is 13.9 Å². The van der Waals surface area contributed by atoms with E-state index in [1.54, 1.807) is 0 Å². The van der Waals surface area contributed by atoms with E-state index in [9.17, 15) is 28.6 Å². The van der Waals surface area contributed by atoms with E-state index >= 15 is 0 Å². The number of morpholine rings is 1. The van der Waals surface area contributed by atoms with Gasteiger partial charge in [0.2, 0.25) is 5.91 Å². The number of thiazole rings is 1. The number of aliphatic hydroxyl groups is 2. The first kappa shape index (κ1) is 30.0. The van der Waals surface area contributed by atoms with Gasteiger partial charge in [0.25, 0.3) is 5.91 Å². The van der Waals surface area contributed by atoms with E-state index in [1.165, 1.54) is 17.4 Å². The van der Waals surface area contributed by atoms with Crippen LogP contribution in [0, 0.1) is 28.4 Å². The molecule has 5 atom stereocenters. The van der Waals surface area contributed by atoms with Crippen LogP contribution < -0.4 is 10.6 Å². The minimum atomic E-state index is -0.971. The summed E-state index contributed by atoms with van der Waals surface area (Å²) in [6.07, 6.45) is 1.07. The number of hydrogen-bond donors (Lipinski definition) is 4. The van der Waals surface area contributed by atoms with Crippen molar-refractivity contribution in [2.24, 2.45) is 16.7 Å². The molecule has 9 nitrogen and oxygen atoms in total. The fourth-order valence-electron chi connectivity index (χ4n) is 7.01. The van der Waals surface area contributed by atoms with Gasteiger partial charge >= 0.3 is 0 Å². The van der Waals surface area contributed by atoms with Crippen molar-refractivity contribution in [3.05, 3.63) is 46.0 Å². The van der Waals surface area contributed by atoms with Gasteiger partial charge in [-0.15, -0.1) is 11.3 Å². The van der Waals surface area contributed by atoms with Crippen molar-refractivity contribution in [3.63, 3.8) is 0 Å². The number of benzene rings is 1. The summed E-state index contributed by atoms with van der Waals surface area (Å²) < 4.78 is 33.9. The van der Waals surface area contributed by atoms with Gasteiger partial charge in [0.15, 0.2) is 5.13 Å². The SMILES string of the molecule is CC1(CO)C(O)CCC2(C)C(CC(=O)NCCN3CCOCC3)c3nc(NC(=O)c4c(F)cccc4F)sc3CC12. The van der Waals surface area contributed by atoms with Crippen molar-refractivity contribution in [1.29, 1.82) is 0 Å². The van der Waals surface area contributed by atoms with E-state index in [0.29, 0.717) is 44.7 Å². The Bertz CT molecular complexity index is 1270. The Labute approximate surface area is 242 Å². The summed E-state index contributed by atoms with van der Waals surface area (Å²) in [5.41, 5.74) is -1.26. The van der Waals surface area contributed by atoms with Gasteiger partial charge in [-0.2, -0.15) is 0 Å². The summed E-state index contributed by atoms with van der Waals surface area (Å²) in [5.74, 6) is -3.51. The number of nitrogens with one attached hydrogen (secondary N) is 2. The second-order valence-electron chi connectivity index (χ2n) is 11.9. The number of hydrogen-bond acceptors (Lipinski definition) is 8. The Morgan fingerprint density at radius 1 is 1.22 bits per heavy atom. The predicted octanol–water partition coefficient (Wildman–Crippen LogP) is 2.93. The fourth-order valence-corrected chi connectivity index (χ4v) is 8.07. The lowest BCUT2D eigenvalue weighted by Gasteiger charge is -2.58. The Balaban J connectivity index is 1.41. The summed E-state index contributed by atoms with van der Waals surface area (Å²) in [5, 5.41) is 27.2. The monoisotopic (exact) mass is 592 g/mol. The summed E-state index contributed by atoms with van der Waals surface area (Å²) in [4.78, 5) is 33.9. The zero-order valence-corrected chi connectivity index (χ0v) is 24.2. The molecule has 5 rings (SSSR count). The number of ether oxygens (including phenoxy) is 1. The molecule has 12 heteroatoms. The highest BCUT2D eigenvalue weighted by Gasteiger charge is 2.59. The lowest BCUT2D eigenvalue weighted by Crippen LogP contribution is -2.57. The summed E-state index contributed by atoms with van der Waals surface area (Å²) in [7, 11) is 0. The van der Waals surface area contributed by atoms with Crippen molar-refractivity contribution >= 4 is 28.3 Å². The molecule has 2 heterocycles. The van der Waals surface area contributed by atoms with E-state index < -0.39 is 40.0 Å². The maximum Gasteiger partial charge on any atom is 0.263 e. The molecule has 1 aliphatic heterocycles. The minimum Gasteiger partial charge on any atom is -0.396 e. The first-order chi connectivity index (χ1) is 19.6. The van der Waals surface area contributed by atoms with Crippen molar-refractivity contribution in [3.8, 4) is 0 Å². The third kappa shape index (κ3) is 5.77. The summed E-state index contributed by atoms with van der Waals surface area (Å²) in [6.45, 7) is 8.00. The number of rotatable bonds is 8. The lowest BCUT2D eigenvalue weighted by atomic mass is 9.47. The molecular weight excluding hydrogens is 554 g/mol. The topological polar surface area (TPSA) is 124 Å². The lowest BCUT2D eigenvalue weighted by molar-refractivity contribution is -0.144. The van der Waals surface area contributed by atoms with E-state index in [1.807, 2.05) is 6.92 Å². The number of halogens is 2. The molecule has 41 heavy (non-hydrogen) atoms. The van der Waals surface area contributed by atoms with Crippen molar-refractivity contribution in [2.45, 2.75) is 51.6 Å². The molecule has 1 aromatic heterocycles. The molecule has 224 valence electrons. The number of carbonyl (C=O) groups excluding carboxylic acids is 2. The van der Waals surface area contributed by atoms with Gasteiger partial charge < -0.3 is 20.3 Å². The standard InChI is InChI=1S/C29H38F2N4O5S/c1-28-7-6-22(37)29(2,16-36)21(28)15-20-25(17(28)14-23(38)32-8-9-35-10-12-40-13-11-35)33-27(41-20)34-26(39)24-18(30)4-3-5-19(24)31/h3-5,17,21-22,36-37H,6-16H2,1-2H3,(H,32,38)(H,33,34,39). The van der Waals surface area contributed by atoms with Crippen LogP contribution in [0.5, 0.6) is 0 Å². The largest absolute Gasteiger partial charge is 0.396 e. The third-order valence-electron chi connectivity index (χ3n) is 9.55. The molecule has 1 saturated heterocycles. The van der Waals surface area contributed by atoms with Crippen molar-refractivity contribution < 1.29 is 33.3 Å². The normalized spacial score (nSPS) is 29.9. The highest BCUT2D eigenvalue weighted by Crippen LogP contribution is 2.62. The van der Waals surface area contributed by atoms with Crippen LogP contribution in [0.2, 0.25) is 0 Å². The van der Waals surface area contributed by atoms with Crippen LogP contribution in [0.25, 0.3) is 0 Å². The molecule has 2 amide bonds. The summed E-state index contributed by atoms with van der Waals surface area (Å²) >= 11 is 1.20. The van der Waals surface area contributed by atoms with Crippen LogP contribution in [0.3, 0.4) is 0 Å². The fraction of sp³-hybridized carbons (Fsp3) is 0.621. The van der Waals surface area contributed by atoms with Gasteiger partial charge in [-0.1, -0.05) is 19.9 Å². The molecule has 3 aliphatic rings. The molecule has 0 radical (unpaired) electrons. The van der Waals surface area contributed by atoms with E-state index in [2.05, 4.69) is 22.5 Å². The van der Waals surface area contributed by atoms with Gasteiger partial charge in [0.05, 0.1) is 31.6 Å². The second-order valence-corrected chi connectivity index (χ2v) is 13.0. The number of aromatic nitrogens is 1. The molecule has 5 unspecified atom stereocenters. The van der Waals surface area contributed by atoms with Crippen LogP contribution >= 0.6 is 11.3 Å². The highest BCUT2D eigenvalue weighted by molar-refractivity contribution is 7.15. The first-order valence-electron chi connectivity index (χ1n) is 14.2. The number of aliphatic hydroxyl groups excluding tert-OH is 2. The maximum atomic E-state index is 14.3.